The second kappa shape index (κ2) is 2.86. The number of amides is 1. The molecule has 0 spiro atoms. The normalized spacial score (nSPS) is 18.8. The van der Waals surface area contributed by atoms with E-state index in [1.54, 1.807) is 13.1 Å². The van der Waals surface area contributed by atoms with Crippen molar-refractivity contribution in [1.82, 2.24) is 5.32 Å². The third kappa shape index (κ3) is 1.87. The fraction of sp³-hybridized carbons (Fsp3) is 0.625. The van der Waals surface area contributed by atoms with Crippen LogP contribution >= 0.6 is 0 Å². The Morgan fingerprint density at radius 2 is 2.20 bits per heavy atom. The Bertz CT molecular complexity index is 168. The highest BCUT2D eigenvalue weighted by Crippen LogP contribution is 2.35. The Labute approximate surface area is 61.3 Å². The predicted molar refractivity (Wildman–Crippen MR) is 40.5 cm³/mol. The summed E-state index contributed by atoms with van der Waals surface area (Å²) in [7, 11) is 1.65. The predicted octanol–water partition coefficient (Wildman–Crippen LogP) is 1.09. The smallest absolute Gasteiger partial charge is 0.243 e. The van der Waals surface area contributed by atoms with Crippen molar-refractivity contribution in [2.45, 2.75) is 19.8 Å². The zero-order valence-electron chi connectivity index (χ0n) is 6.48. The van der Waals surface area contributed by atoms with Crippen molar-refractivity contribution in [2.24, 2.45) is 5.92 Å². The van der Waals surface area contributed by atoms with Crippen LogP contribution in [0.1, 0.15) is 19.8 Å². The van der Waals surface area contributed by atoms with Crippen molar-refractivity contribution in [3.63, 3.8) is 0 Å². The lowest BCUT2D eigenvalue weighted by Crippen LogP contribution is -2.14. The summed E-state index contributed by atoms with van der Waals surface area (Å²) in [4.78, 5) is 10.8. The molecule has 1 rings (SSSR count). The Balaban J connectivity index is 2.43. The van der Waals surface area contributed by atoms with Crippen molar-refractivity contribution in [3.8, 4) is 0 Å². The van der Waals surface area contributed by atoms with Crippen molar-refractivity contribution in [3.05, 3.63) is 11.6 Å². The maximum atomic E-state index is 10.8. The second-order valence-corrected chi connectivity index (χ2v) is 2.78. The Hall–Kier alpha value is -0.790. The molecular weight excluding hydrogens is 126 g/mol. The summed E-state index contributed by atoms with van der Waals surface area (Å²) < 4.78 is 0. The van der Waals surface area contributed by atoms with Gasteiger partial charge in [-0.25, -0.2) is 0 Å². The molecule has 2 heteroatoms. The quantitative estimate of drug-likeness (QED) is 0.570. The van der Waals surface area contributed by atoms with E-state index < -0.39 is 0 Å². The van der Waals surface area contributed by atoms with Crippen LogP contribution in [0.3, 0.4) is 0 Å². The molecule has 0 atom stereocenters. The molecule has 0 aromatic rings. The minimum absolute atomic E-state index is 0.0180. The summed E-state index contributed by atoms with van der Waals surface area (Å²) >= 11 is 0. The fourth-order valence-corrected chi connectivity index (χ4v) is 0.935. The van der Waals surface area contributed by atoms with Gasteiger partial charge in [0.15, 0.2) is 0 Å². The average molecular weight is 139 g/mol. The molecule has 0 aliphatic heterocycles. The maximum absolute atomic E-state index is 10.8. The Morgan fingerprint density at radius 1 is 1.60 bits per heavy atom. The molecule has 2 nitrogen and oxygen atoms in total. The monoisotopic (exact) mass is 139 g/mol. The number of rotatable bonds is 2. The molecule has 0 heterocycles. The molecule has 1 amide bonds. The van der Waals surface area contributed by atoms with Gasteiger partial charge in [-0.05, 0) is 25.7 Å². The van der Waals surface area contributed by atoms with Gasteiger partial charge in [0.25, 0.3) is 0 Å². The number of hydrogen-bond acceptors (Lipinski definition) is 1. The molecule has 0 saturated heterocycles. The first-order valence-electron chi connectivity index (χ1n) is 3.64. The highest BCUT2D eigenvalue weighted by atomic mass is 16.1. The molecule has 0 radical (unpaired) electrons. The van der Waals surface area contributed by atoms with E-state index in [0.717, 1.165) is 0 Å². The van der Waals surface area contributed by atoms with E-state index in [0.29, 0.717) is 5.92 Å². The lowest BCUT2D eigenvalue weighted by Gasteiger charge is -1.95. The third-order valence-corrected chi connectivity index (χ3v) is 1.83. The van der Waals surface area contributed by atoms with Crippen molar-refractivity contribution in [2.75, 3.05) is 7.05 Å². The zero-order chi connectivity index (χ0) is 7.56. The van der Waals surface area contributed by atoms with Crippen LogP contribution < -0.4 is 5.32 Å². The standard InChI is InChI=1S/C8H13NO/c1-6(7-3-4-7)5-8(10)9-2/h5,7H,3-4H2,1-2H3,(H,9,10). The largest absolute Gasteiger partial charge is 0.356 e. The van der Waals surface area contributed by atoms with E-state index in [1.807, 2.05) is 6.92 Å². The SMILES string of the molecule is CNC(=O)C=C(C)C1CC1. The summed E-state index contributed by atoms with van der Waals surface area (Å²) in [6.45, 7) is 2.02. The van der Waals surface area contributed by atoms with Gasteiger partial charge in [-0.2, -0.15) is 0 Å². The highest BCUT2D eigenvalue weighted by Gasteiger charge is 2.23. The minimum atomic E-state index is 0.0180. The summed E-state index contributed by atoms with van der Waals surface area (Å²) in [5, 5.41) is 2.56. The molecule has 10 heavy (non-hydrogen) atoms. The van der Waals surface area contributed by atoms with Crippen LogP contribution in [-0.2, 0) is 4.79 Å². The van der Waals surface area contributed by atoms with Crippen LogP contribution in [0, 0.1) is 5.92 Å². The van der Waals surface area contributed by atoms with Gasteiger partial charge in [-0.3, -0.25) is 4.79 Å². The van der Waals surface area contributed by atoms with Gasteiger partial charge < -0.3 is 5.32 Å². The van der Waals surface area contributed by atoms with Crippen molar-refractivity contribution >= 4 is 5.91 Å². The van der Waals surface area contributed by atoms with Crippen molar-refractivity contribution < 1.29 is 4.79 Å². The van der Waals surface area contributed by atoms with E-state index >= 15 is 0 Å². The Morgan fingerprint density at radius 3 is 2.60 bits per heavy atom. The van der Waals surface area contributed by atoms with E-state index in [1.165, 1.54) is 18.4 Å². The molecule has 0 aromatic carbocycles. The third-order valence-electron chi connectivity index (χ3n) is 1.83. The first kappa shape index (κ1) is 7.32. The number of hydrogen-bond donors (Lipinski definition) is 1. The number of carbonyl (C=O) groups is 1. The van der Waals surface area contributed by atoms with Crippen LogP contribution in [0.15, 0.2) is 11.6 Å². The summed E-state index contributed by atoms with van der Waals surface area (Å²) in [6, 6.07) is 0. The molecular formula is C8H13NO. The van der Waals surface area contributed by atoms with E-state index in [2.05, 4.69) is 5.32 Å². The van der Waals surface area contributed by atoms with E-state index in [9.17, 15) is 4.79 Å². The van der Waals surface area contributed by atoms with E-state index in [-0.39, 0.29) is 5.91 Å². The summed E-state index contributed by atoms with van der Waals surface area (Å²) in [6.07, 6.45) is 4.22. The van der Waals surface area contributed by atoms with Gasteiger partial charge in [0.1, 0.15) is 0 Å². The highest BCUT2D eigenvalue weighted by molar-refractivity contribution is 5.87. The fourth-order valence-electron chi connectivity index (χ4n) is 0.935. The average Bonchev–Trinajstić information content (AvgIpc) is 2.68. The summed E-state index contributed by atoms with van der Waals surface area (Å²) in [5.41, 5.74) is 1.22. The lowest BCUT2D eigenvalue weighted by molar-refractivity contribution is -0.116. The van der Waals surface area contributed by atoms with Gasteiger partial charge >= 0.3 is 0 Å². The topological polar surface area (TPSA) is 29.1 Å². The molecule has 0 aromatic heterocycles. The first-order chi connectivity index (χ1) is 4.74. The number of carbonyl (C=O) groups excluding carboxylic acids is 1. The summed E-state index contributed by atoms with van der Waals surface area (Å²) in [5.74, 6) is 0.724. The molecule has 1 aliphatic rings. The van der Waals surface area contributed by atoms with Crippen LogP contribution in [0.2, 0.25) is 0 Å². The van der Waals surface area contributed by atoms with Crippen LogP contribution in [0.25, 0.3) is 0 Å². The lowest BCUT2D eigenvalue weighted by atomic mass is 10.2. The van der Waals surface area contributed by atoms with Gasteiger partial charge in [0, 0.05) is 13.1 Å². The van der Waals surface area contributed by atoms with Crippen LogP contribution in [0.5, 0.6) is 0 Å². The first-order valence-corrected chi connectivity index (χ1v) is 3.64. The minimum Gasteiger partial charge on any atom is -0.356 e. The van der Waals surface area contributed by atoms with Gasteiger partial charge in [0.05, 0.1) is 0 Å². The second-order valence-electron chi connectivity index (χ2n) is 2.78. The van der Waals surface area contributed by atoms with Gasteiger partial charge in [-0.15, -0.1) is 0 Å². The molecule has 1 aliphatic carbocycles. The molecule has 0 unspecified atom stereocenters. The van der Waals surface area contributed by atoms with Crippen LogP contribution in [0.4, 0.5) is 0 Å². The Kier molecular flexibility index (Phi) is 2.10. The maximum Gasteiger partial charge on any atom is 0.243 e. The number of likely N-dealkylation sites (N-methyl/N-ethyl adjacent to an activating group) is 1. The molecule has 56 valence electrons. The van der Waals surface area contributed by atoms with Crippen LogP contribution in [-0.4, -0.2) is 13.0 Å². The van der Waals surface area contributed by atoms with Gasteiger partial charge in [0.2, 0.25) is 5.91 Å². The molecule has 1 saturated carbocycles. The number of allylic oxidation sites excluding steroid dienone is 1. The zero-order valence-corrected chi connectivity index (χ0v) is 6.48. The van der Waals surface area contributed by atoms with E-state index in [4.69, 9.17) is 0 Å². The van der Waals surface area contributed by atoms with Gasteiger partial charge in [-0.1, -0.05) is 5.57 Å². The molecule has 1 fully saturated rings. The number of nitrogens with one attached hydrogen (secondary N) is 1. The van der Waals surface area contributed by atoms with Crippen molar-refractivity contribution in [1.29, 1.82) is 0 Å². The molecule has 0 bridgehead atoms. The molecule has 1 N–H and O–H groups in total.